The van der Waals surface area contributed by atoms with Crippen molar-refractivity contribution in [2.45, 2.75) is 18.8 Å². The van der Waals surface area contributed by atoms with Gasteiger partial charge >= 0.3 is 6.03 Å². The number of aromatic nitrogens is 1. The highest BCUT2D eigenvalue weighted by molar-refractivity contribution is 7.09. The van der Waals surface area contributed by atoms with Gasteiger partial charge in [0, 0.05) is 37.6 Å². The van der Waals surface area contributed by atoms with Crippen molar-refractivity contribution in [1.82, 2.24) is 15.2 Å². The Morgan fingerprint density at radius 3 is 2.87 bits per heavy atom. The van der Waals surface area contributed by atoms with Gasteiger partial charge < -0.3 is 10.2 Å². The van der Waals surface area contributed by atoms with Crippen molar-refractivity contribution >= 4 is 17.4 Å². The lowest BCUT2D eigenvalue weighted by Crippen LogP contribution is -2.42. The number of nitrogens with zero attached hydrogens (tertiary/aromatic N) is 2. The van der Waals surface area contributed by atoms with Crippen LogP contribution in [0.4, 0.5) is 4.79 Å². The van der Waals surface area contributed by atoms with E-state index < -0.39 is 0 Å². The average Bonchev–Trinajstić information content (AvgIpc) is 2.82. The average molecular weight is 225 g/mol. The van der Waals surface area contributed by atoms with Crippen molar-refractivity contribution in [3.05, 3.63) is 16.6 Å². The molecule has 0 radical (unpaired) electrons. The molecule has 82 valence electrons. The van der Waals surface area contributed by atoms with Crippen LogP contribution in [0.3, 0.4) is 0 Å². The molecule has 0 atom stereocenters. The third-order valence-electron chi connectivity index (χ3n) is 2.80. The molecule has 1 aromatic heterocycles. The van der Waals surface area contributed by atoms with Gasteiger partial charge in [-0.3, -0.25) is 0 Å². The zero-order chi connectivity index (χ0) is 10.7. The van der Waals surface area contributed by atoms with E-state index in [-0.39, 0.29) is 6.03 Å². The number of amides is 2. The van der Waals surface area contributed by atoms with Crippen LogP contribution in [0.25, 0.3) is 0 Å². The van der Waals surface area contributed by atoms with Gasteiger partial charge in [-0.1, -0.05) is 0 Å². The number of nitrogens with one attached hydrogen (secondary N) is 1. The Morgan fingerprint density at radius 2 is 2.33 bits per heavy atom. The second-order valence-corrected chi connectivity index (χ2v) is 4.61. The van der Waals surface area contributed by atoms with E-state index in [0.717, 1.165) is 25.9 Å². The molecule has 1 aliphatic rings. The van der Waals surface area contributed by atoms with Crippen LogP contribution in [0.5, 0.6) is 0 Å². The Hall–Kier alpha value is -1.10. The largest absolute Gasteiger partial charge is 0.341 e. The van der Waals surface area contributed by atoms with Crippen LogP contribution in [-0.2, 0) is 0 Å². The van der Waals surface area contributed by atoms with Crippen LogP contribution in [0.15, 0.2) is 11.6 Å². The molecule has 0 bridgehead atoms. The molecule has 0 aliphatic carbocycles. The summed E-state index contributed by atoms with van der Waals surface area (Å²) >= 11 is 1.71. The molecule has 2 heterocycles. The maximum Gasteiger partial charge on any atom is 0.317 e. The predicted molar refractivity (Wildman–Crippen MR) is 60.1 cm³/mol. The Labute approximate surface area is 93.3 Å². The molecule has 1 aromatic rings. The normalized spacial score (nSPS) is 17.8. The number of thiazole rings is 1. The fraction of sp³-hybridized carbons (Fsp3) is 0.600. The molecule has 0 saturated carbocycles. The minimum atomic E-state index is 0.0348. The number of piperidine rings is 1. The highest BCUT2D eigenvalue weighted by Crippen LogP contribution is 2.28. The smallest absolute Gasteiger partial charge is 0.317 e. The predicted octanol–water partition coefficient (Wildman–Crippen LogP) is 1.66. The highest BCUT2D eigenvalue weighted by atomic mass is 32.1. The molecule has 1 saturated heterocycles. The fourth-order valence-corrected chi connectivity index (χ4v) is 2.73. The van der Waals surface area contributed by atoms with Crippen molar-refractivity contribution in [1.29, 1.82) is 0 Å². The van der Waals surface area contributed by atoms with Crippen molar-refractivity contribution in [3.8, 4) is 0 Å². The summed E-state index contributed by atoms with van der Waals surface area (Å²) in [4.78, 5) is 17.6. The molecule has 15 heavy (non-hydrogen) atoms. The molecule has 1 aliphatic heterocycles. The summed E-state index contributed by atoms with van der Waals surface area (Å²) < 4.78 is 0. The van der Waals surface area contributed by atoms with Gasteiger partial charge in [0.15, 0.2) is 0 Å². The van der Waals surface area contributed by atoms with Gasteiger partial charge in [0.1, 0.15) is 0 Å². The molecular weight excluding hydrogens is 210 g/mol. The fourth-order valence-electron chi connectivity index (χ4n) is 1.92. The molecule has 0 aromatic carbocycles. The quantitative estimate of drug-likeness (QED) is 0.790. The van der Waals surface area contributed by atoms with Gasteiger partial charge in [0.25, 0.3) is 0 Å². The first-order valence-electron chi connectivity index (χ1n) is 5.17. The molecule has 5 heteroatoms. The summed E-state index contributed by atoms with van der Waals surface area (Å²) in [6, 6.07) is 0.0348. The van der Waals surface area contributed by atoms with Crippen LogP contribution in [0, 0.1) is 0 Å². The number of rotatable bonds is 1. The van der Waals surface area contributed by atoms with E-state index in [1.807, 2.05) is 16.5 Å². The van der Waals surface area contributed by atoms with Gasteiger partial charge in [-0.2, -0.15) is 0 Å². The molecule has 2 rings (SSSR count). The first kappa shape index (κ1) is 10.4. The SMILES string of the molecule is CNC(=O)N1CCC(c2nccs2)CC1. The lowest BCUT2D eigenvalue weighted by molar-refractivity contribution is 0.183. The van der Waals surface area contributed by atoms with Crippen LogP contribution >= 0.6 is 11.3 Å². The number of hydrogen-bond acceptors (Lipinski definition) is 3. The van der Waals surface area contributed by atoms with Gasteiger partial charge in [-0.05, 0) is 12.8 Å². The number of hydrogen-bond donors (Lipinski definition) is 1. The molecule has 4 nitrogen and oxygen atoms in total. The summed E-state index contributed by atoms with van der Waals surface area (Å²) in [5, 5.41) is 5.89. The van der Waals surface area contributed by atoms with Crippen LogP contribution in [0.2, 0.25) is 0 Å². The molecule has 0 unspecified atom stereocenters. The monoisotopic (exact) mass is 225 g/mol. The topological polar surface area (TPSA) is 45.2 Å². The molecule has 2 amide bonds. The van der Waals surface area contributed by atoms with Gasteiger partial charge in [0.05, 0.1) is 5.01 Å². The van der Waals surface area contributed by atoms with Crippen molar-refractivity contribution in [3.63, 3.8) is 0 Å². The Bertz CT molecular complexity index is 317. The van der Waals surface area contributed by atoms with Crippen LogP contribution < -0.4 is 5.32 Å². The zero-order valence-corrected chi connectivity index (χ0v) is 9.59. The van der Waals surface area contributed by atoms with E-state index in [1.54, 1.807) is 18.4 Å². The second-order valence-electron chi connectivity index (χ2n) is 3.69. The van der Waals surface area contributed by atoms with E-state index in [1.165, 1.54) is 5.01 Å². The maximum absolute atomic E-state index is 11.4. The number of carbonyl (C=O) groups excluding carboxylic acids is 1. The summed E-state index contributed by atoms with van der Waals surface area (Å²) in [6.07, 6.45) is 3.91. The maximum atomic E-state index is 11.4. The molecule has 0 spiro atoms. The number of carbonyl (C=O) groups is 1. The van der Waals surface area contributed by atoms with Gasteiger partial charge in [-0.25, -0.2) is 9.78 Å². The molecular formula is C10H15N3OS. The third-order valence-corrected chi connectivity index (χ3v) is 3.73. The van der Waals surface area contributed by atoms with Crippen molar-refractivity contribution in [2.75, 3.05) is 20.1 Å². The van der Waals surface area contributed by atoms with Crippen LogP contribution in [-0.4, -0.2) is 36.1 Å². The summed E-state index contributed by atoms with van der Waals surface area (Å²) in [7, 11) is 1.68. The van der Waals surface area contributed by atoms with E-state index in [4.69, 9.17) is 0 Å². The Balaban J connectivity index is 1.90. The Kier molecular flexibility index (Phi) is 3.20. The van der Waals surface area contributed by atoms with Crippen molar-refractivity contribution < 1.29 is 4.79 Å². The molecule has 1 fully saturated rings. The molecule has 1 N–H and O–H groups in total. The van der Waals surface area contributed by atoms with E-state index in [9.17, 15) is 4.79 Å². The van der Waals surface area contributed by atoms with Gasteiger partial charge in [-0.15, -0.1) is 11.3 Å². The zero-order valence-electron chi connectivity index (χ0n) is 8.77. The van der Waals surface area contributed by atoms with E-state index in [0.29, 0.717) is 5.92 Å². The van der Waals surface area contributed by atoms with Gasteiger partial charge in [0.2, 0.25) is 0 Å². The minimum Gasteiger partial charge on any atom is -0.341 e. The lowest BCUT2D eigenvalue weighted by Gasteiger charge is -2.30. The highest BCUT2D eigenvalue weighted by Gasteiger charge is 2.24. The standard InChI is InChI=1S/C10H15N3OS/c1-11-10(14)13-5-2-8(3-6-13)9-12-4-7-15-9/h4,7-8H,2-3,5-6H2,1H3,(H,11,14). The lowest BCUT2D eigenvalue weighted by atomic mass is 9.98. The Morgan fingerprint density at radius 1 is 1.60 bits per heavy atom. The third kappa shape index (κ3) is 2.28. The van der Waals surface area contributed by atoms with E-state index >= 15 is 0 Å². The summed E-state index contributed by atoms with van der Waals surface area (Å²) in [5.74, 6) is 0.547. The number of urea groups is 1. The van der Waals surface area contributed by atoms with Crippen molar-refractivity contribution in [2.24, 2.45) is 0 Å². The summed E-state index contributed by atoms with van der Waals surface area (Å²) in [5.41, 5.74) is 0. The second kappa shape index (κ2) is 4.61. The first-order chi connectivity index (χ1) is 7.31. The first-order valence-corrected chi connectivity index (χ1v) is 6.05. The number of likely N-dealkylation sites (tertiary alicyclic amines) is 1. The van der Waals surface area contributed by atoms with Crippen LogP contribution in [0.1, 0.15) is 23.8 Å². The summed E-state index contributed by atoms with van der Waals surface area (Å²) in [6.45, 7) is 1.67. The van der Waals surface area contributed by atoms with E-state index in [2.05, 4.69) is 10.3 Å². The minimum absolute atomic E-state index is 0.0348.